The Hall–Kier alpha value is -2.28. The molecule has 0 bridgehead atoms. The molecule has 2 aromatic rings. The molecule has 0 saturated carbocycles. The minimum atomic E-state index is -1.98. The summed E-state index contributed by atoms with van der Waals surface area (Å²) in [5.41, 5.74) is 2.32. The third-order valence-electron chi connectivity index (χ3n) is 7.27. The number of piperidine rings is 1. The number of nitrogens with zero attached hydrogens (tertiary/aromatic N) is 2. The van der Waals surface area contributed by atoms with Crippen molar-refractivity contribution in [3.63, 3.8) is 0 Å². The molecule has 1 fully saturated rings. The lowest BCUT2D eigenvalue weighted by atomic mass is 9.91. The summed E-state index contributed by atoms with van der Waals surface area (Å²) in [5.74, 6) is 1.44. The second-order valence-electron chi connectivity index (χ2n) is 12.3. The first kappa shape index (κ1) is 27.3. The number of carbonyl (C=O) groups excluding carboxylic acids is 1. The number of carbonyl (C=O) groups is 1. The Labute approximate surface area is 212 Å². The van der Waals surface area contributed by atoms with Crippen LogP contribution in [0.2, 0.25) is 18.1 Å². The van der Waals surface area contributed by atoms with Gasteiger partial charge >= 0.3 is 6.09 Å². The molecule has 35 heavy (non-hydrogen) atoms. The lowest BCUT2D eigenvalue weighted by Crippen LogP contribution is -2.44. The van der Waals surface area contributed by atoms with Gasteiger partial charge in [0.1, 0.15) is 11.4 Å². The van der Waals surface area contributed by atoms with E-state index in [9.17, 15) is 4.79 Å². The Balaban J connectivity index is 1.68. The fourth-order valence-corrected chi connectivity index (χ4v) is 5.18. The Bertz CT molecular complexity index is 1050. The van der Waals surface area contributed by atoms with Crippen LogP contribution >= 0.6 is 0 Å². The highest BCUT2D eigenvalue weighted by Crippen LogP contribution is 2.40. The average molecular weight is 501 g/mol. The molecule has 0 radical (unpaired) electrons. The van der Waals surface area contributed by atoms with Gasteiger partial charge in [0.2, 0.25) is 0 Å². The SMILES string of the molecule is C/C=C\c1c(O[Si](C)(C)C(C)(C)C)ccc2c(CCC3CCN(C(=O)OC(C)(C)C)CC3)noc12. The summed E-state index contributed by atoms with van der Waals surface area (Å²) >= 11 is 0. The Kier molecular flexibility index (Phi) is 8.09. The third-order valence-corrected chi connectivity index (χ3v) is 11.6. The van der Waals surface area contributed by atoms with Gasteiger partial charge in [0.25, 0.3) is 8.32 Å². The smallest absolute Gasteiger partial charge is 0.410 e. The summed E-state index contributed by atoms with van der Waals surface area (Å²) in [4.78, 5) is 14.2. The van der Waals surface area contributed by atoms with Gasteiger partial charge < -0.3 is 18.6 Å². The van der Waals surface area contributed by atoms with Gasteiger partial charge in [0.05, 0.1) is 11.3 Å². The van der Waals surface area contributed by atoms with Crippen molar-refractivity contribution < 1.29 is 18.5 Å². The Morgan fingerprint density at radius 2 is 1.83 bits per heavy atom. The monoisotopic (exact) mass is 500 g/mol. The molecule has 1 aliphatic rings. The van der Waals surface area contributed by atoms with E-state index < -0.39 is 13.9 Å². The number of likely N-dealkylation sites (tertiary alicyclic amines) is 1. The van der Waals surface area contributed by atoms with Crippen molar-refractivity contribution in [3.05, 3.63) is 29.5 Å². The van der Waals surface area contributed by atoms with Crippen LogP contribution in [0, 0.1) is 5.92 Å². The molecule has 1 aliphatic heterocycles. The molecular weight excluding hydrogens is 456 g/mol. The lowest BCUT2D eigenvalue weighted by molar-refractivity contribution is 0.0181. The van der Waals surface area contributed by atoms with Crippen LogP contribution in [0.15, 0.2) is 22.7 Å². The molecule has 1 saturated heterocycles. The highest BCUT2D eigenvalue weighted by Gasteiger charge is 2.39. The van der Waals surface area contributed by atoms with E-state index >= 15 is 0 Å². The molecule has 0 spiro atoms. The number of hydrogen-bond acceptors (Lipinski definition) is 5. The molecule has 0 aliphatic carbocycles. The zero-order valence-electron chi connectivity index (χ0n) is 23.2. The first-order valence-corrected chi connectivity index (χ1v) is 15.8. The molecule has 1 aromatic carbocycles. The van der Waals surface area contributed by atoms with Crippen LogP contribution in [0.5, 0.6) is 5.75 Å². The molecule has 6 nitrogen and oxygen atoms in total. The standard InChI is InChI=1S/C28H44N2O4Si/c1-10-11-22-24(34-35(8,9)28(5,6)7)15-13-21-23(29-33-25(21)22)14-12-20-16-18-30(19-17-20)26(31)32-27(2,3)4/h10-11,13,15,20H,12,14,16-19H2,1-9H3/b11-10-. The molecular formula is C28H44N2O4Si. The van der Waals surface area contributed by atoms with E-state index in [1.54, 1.807) is 0 Å². The largest absolute Gasteiger partial charge is 0.543 e. The van der Waals surface area contributed by atoms with Crippen molar-refractivity contribution in [1.82, 2.24) is 10.1 Å². The van der Waals surface area contributed by atoms with Gasteiger partial charge in [-0.15, -0.1) is 0 Å². The molecule has 194 valence electrons. The topological polar surface area (TPSA) is 64.8 Å². The van der Waals surface area contributed by atoms with Crippen LogP contribution in [-0.4, -0.2) is 43.2 Å². The van der Waals surface area contributed by atoms with Crippen LogP contribution in [0.1, 0.15) is 79.0 Å². The van der Waals surface area contributed by atoms with Gasteiger partial charge in [0.15, 0.2) is 5.58 Å². The molecule has 0 unspecified atom stereocenters. The number of rotatable bonds is 6. The summed E-state index contributed by atoms with van der Waals surface area (Å²) in [5, 5.41) is 5.63. The normalized spacial score (nSPS) is 16.3. The van der Waals surface area contributed by atoms with Crippen LogP contribution in [0.4, 0.5) is 4.79 Å². The molecule has 7 heteroatoms. The number of allylic oxidation sites excluding steroid dienone is 1. The van der Waals surface area contributed by atoms with Crippen LogP contribution in [0.3, 0.4) is 0 Å². The van der Waals surface area contributed by atoms with E-state index in [-0.39, 0.29) is 11.1 Å². The summed E-state index contributed by atoms with van der Waals surface area (Å²) in [6, 6.07) is 4.18. The number of benzene rings is 1. The predicted octanol–water partition coefficient (Wildman–Crippen LogP) is 7.82. The van der Waals surface area contributed by atoms with Crippen molar-refractivity contribution in [2.24, 2.45) is 5.92 Å². The van der Waals surface area contributed by atoms with E-state index in [0.717, 1.165) is 66.7 Å². The summed E-state index contributed by atoms with van der Waals surface area (Å²) in [7, 11) is -1.98. The van der Waals surface area contributed by atoms with Crippen molar-refractivity contribution in [2.75, 3.05) is 13.1 Å². The Morgan fingerprint density at radius 1 is 1.17 bits per heavy atom. The van der Waals surface area contributed by atoms with E-state index in [4.69, 9.17) is 13.7 Å². The van der Waals surface area contributed by atoms with Gasteiger partial charge in [-0.05, 0) is 89.6 Å². The van der Waals surface area contributed by atoms with Crippen molar-refractivity contribution in [1.29, 1.82) is 0 Å². The molecule has 1 amide bonds. The number of aryl methyl sites for hydroxylation is 1. The maximum atomic E-state index is 12.3. The van der Waals surface area contributed by atoms with Gasteiger partial charge in [-0.3, -0.25) is 0 Å². The van der Waals surface area contributed by atoms with Crippen molar-refractivity contribution >= 4 is 31.5 Å². The van der Waals surface area contributed by atoms with Gasteiger partial charge in [-0.25, -0.2) is 4.79 Å². The number of amides is 1. The second kappa shape index (κ2) is 10.4. The molecule has 1 aromatic heterocycles. The number of aromatic nitrogens is 1. The van der Waals surface area contributed by atoms with Crippen LogP contribution in [0.25, 0.3) is 17.0 Å². The summed E-state index contributed by atoms with van der Waals surface area (Å²) < 4.78 is 18.0. The van der Waals surface area contributed by atoms with Gasteiger partial charge in [0, 0.05) is 18.5 Å². The van der Waals surface area contributed by atoms with Crippen molar-refractivity contribution in [3.8, 4) is 5.75 Å². The Morgan fingerprint density at radius 3 is 2.40 bits per heavy atom. The first-order chi connectivity index (χ1) is 16.2. The summed E-state index contributed by atoms with van der Waals surface area (Å²) in [6.45, 7) is 20.5. The van der Waals surface area contributed by atoms with E-state index in [1.165, 1.54) is 0 Å². The average Bonchev–Trinajstić information content (AvgIpc) is 3.15. The third kappa shape index (κ3) is 6.69. The van der Waals surface area contributed by atoms with Gasteiger partial charge in [-0.2, -0.15) is 0 Å². The minimum Gasteiger partial charge on any atom is -0.543 e. The van der Waals surface area contributed by atoms with E-state index in [0.29, 0.717) is 5.92 Å². The zero-order chi connectivity index (χ0) is 26.0. The number of hydrogen-bond donors (Lipinski definition) is 0. The fourth-order valence-electron chi connectivity index (χ4n) is 4.15. The van der Waals surface area contributed by atoms with E-state index in [1.807, 2.05) is 38.7 Å². The van der Waals surface area contributed by atoms with Crippen LogP contribution in [-0.2, 0) is 11.2 Å². The van der Waals surface area contributed by atoms with Gasteiger partial charge in [-0.1, -0.05) is 38.1 Å². The van der Waals surface area contributed by atoms with Crippen molar-refractivity contribution in [2.45, 2.75) is 97.9 Å². The van der Waals surface area contributed by atoms with E-state index in [2.05, 4.69) is 57.2 Å². The quantitative estimate of drug-likeness (QED) is 0.378. The molecule has 3 rings (SSSR count). The second-order valence-corrected chi connectivity index (χ2v) is 17.0. The number of fused-ring (bicyclic) bond motifs is 1. The van der Waals surface area contributed by atoms with Crippen LogP contribution < -0.4 is 4.43 Å². The molecule has 0 atom stereocenters. The maximum Gasteiger partial charge on any atom is 0.410 e. The minimum absolute atomic E-state index is 0.112. The molecule has 2 heterocycles. The summed E-state index contributed by atoms with van der Waals surface area (Å²) in [6.07, 6.45) is 7.75. The predicted molar refractivity (Wildman–Crippen MR) is 145 cm³/mol. The maximum absolute atomic E-state index is 12.3. The zero-order valence-corrected chi connectivity index (χ0v) is 24.2. The fraction of sp³-hybridized carbons (Fsp3) is 0.643. The highest BCUT2D eigenvalue weighted by molar-refractivity contribution is 6.74. The molecule has 0 N–H and O–H groups in total. The lowest BCUT2D eigenvalue weighted by Gasteiger charge is -2.36. The first-order valence-electron chi connectivity index (χ1n) is 12.9. The highest BCUT2D eigenvalue weighted by atomic mass is 28.4. The number of ether oxygens (including phenoxy) is 1.